The molecule has 16 aromatic rings. The molecule has 14 heteroatoms. The van der Waals surface area contributed by atoms with E-state index < -0.39 is 11.7 Å². The van der Waals surface area contributed by atoms with Crippen molar-refractivity contribution < 1.29 is 13.2 Å². The predicted molar refractivity (Wildman–Crippen MR) is 369 cm³/mol. The Morgan fingerprint density at radius 1 is 0.221 bits per heavy atom. The number of rotatable bonds is 13. The molecule has 0 atom stereocenters. The van der Waals surface area contributed by atoms with Crippen molar-refractivity contribution in [1.82, 2.24) is 54.4 Å². The number of alkyl halides is 3. The SMILES string of the molecule is FC(F)(F)c1cc(-c2cc(-c3ccccc3)nc(-c3ccccc3)n2)c(-n2c3ccc(-c4nc(-c5ccccc5)nc(-c5ccccc5)n4)cc3c3cc(-c4nc(-c5ccccc5)nc(-c5ccccc5)n4)ccc32)c(-c2nc(-c3ccccc3)cc(-c3ccccc3)n2)c1. The van der Waals surface area contributed by atoms with E-state index in [-0.39, 0.29) is 22.6 Å². The highest BCUT2D eigenvalue weighted by atomic mass is 19.4. The van der Waals surface area contributed by atoms with Crippen LogP contribution in [0.2, 0.25) is 0 Å². The summed E-state index contributed by atoms with van der Waals surface area (Å²) >= 11 is 0. The van der Waals surface area contributed by atoms with Gasteiger partial charge in [0.15, 0.2) is 46.6 Å². The molecule has 0 spiro atoms. The van der Waals surface area contributed by atoms with Crippen LogP contribution in [-0.4, -0.2) is 54.4 Å². The molecule has 11 nitrogen and oxygen atoms in total. The Morgan fingerprint density at radius 3 is 0.811 bits per heavy atom. The third kappa shape index (κ3) is 11.4. The van der Waals surface area contributed by atoms with Crippen molar-refractivity contribution in [3.8, 4) is 142 Å². The van der Waals surface area contributed by atoms with E-state index in [4.69, 9.17) is 49.8 Å². The summed E-state index contributed by atoms with van der Waals surface area (Å²) in [6, 6.07) is 95.0. The molecule has 0 fully saturated rings. The average molecular weight is 1230 g/mol. The number of fused-ring (bicyclic) bond motifs is 3. The van der Waals surface area contributed by atoms with Gasteiger partial charge in [0.05, 0.1) is 45.1 Å². The van der Waals surface area contributed by atoms with Crippen LogP contribution in [0, 0.1) is 0 Å². The van der Waals surface area contributed by atoms with Gasteiger partial charge in [-0.2, -0.15) is 13.2 Å². The van der Waals surface area contributed by atoms with Gasteiger partial charge in [-0.1, -0.05) is 243 Å². The molecule has 95 heavy (non-hydrogen) atoms. The van der Waals surface area contributed by atoms with Crippen LogP contribution in [0.5, 0.6) is 0 Å². The van der Waals surface area contributed by atoms with Gasteiger partial charge in [0.25, 0.3) is 0 Å². The number of hydrogen-bond donors (Lipinski definition) is 0. The van der Waals surface area contributed by atoms with Crippen LogP contribution in [0.15, 0.2) is 303 Å². The first-order valence-corrected chi connectivity index (χ1v) is 30.8. The Morgan fingerprint density at radius 2 is 0.484 bits per heavy atom. The molecule has 16 rings (SSSR count). The minimum Gasteiger partial charge on any atom is -0.308 e. The van der Waals surface area contributed by atoms with Crippen LogP contribution >= 0.6 is 0 Å². The van der Waals surface area contributed by atoms with Crippen molar-refractivity contribution in [2.75, 3.05) is 0 Å². The third-order valence-corrected chi connectivity index (χ3v) is 16.6. The molecule has 0 aliphatic carbocycles. The van der Waals surface area contributed by atoms with E-state index in [1.165, 1.54) is 6.07 Å². The van der Waals surface area contributed by atoms with E-state index in [0.717, 1.165) is 45.0 Å². The average Bonchev–Trinajstić information content (AvgIpc) is 1.60. The van der Waals surface area contributed by atoms with Crippen LogP contribution in [0.3, 0.4) is 0 Å². The van der Waals surface area contributed by atoms with E-state index in [1.807, 2.05) is 290 Å². The molecule has 0 aliphatic heterocycles. The second-order valence-electron chi connectivity index (χ2n) is 22.7. The normalized spacial score (nSPS) is 11.5. The van der Waals surface area contributed by atoms with E-state index in [0.29, 0.717) is 102 Å². The standard InChI is InChI=1S/C81H50F3N11/c82-81(83,84)61-47-64(69-50-68(53-29-13-3-14-30-53)85-73(88-69)54-31-15-4-16-32-54)72(65(48-61)80-86-66(51-25-9-1-10-26-51)49-67(87-80)52-27-11-2-12-28-52)95-70-43-41-59(78-91-74(55-33-17-5-18-34-55)89-75(92-78)56-35-19-6-20-36-56)45-62(70)63-46-60(42-44-71(63)95)79-93-76(57-37-21-7-22-38-57)90-77(94-79)58-39-23-8-24-40-58/h1-50H. The van der Waals surface area contributed by atoms with Crippen LogP contribution in [0.4, 0.5) is 13.2 Å². The van der Waals surface area contributed by atoms with Crippen LogP contribution in [0.1, 0.15) is 5.56 Å². The molecule has 11 aromatic carbocycles. The summed E-state index contributed by atoms with van der Waals surface area (Å²) < 4.78 is 51.2. The van der Waals surface area contributed by atoms with Gasteiger partial charge < -0.3 is 4.57 Å². The summed E-state index contributed by atoms with van der Waals surface area (Å²) in [4.78, 5) is 51.7. The van der Waals surface area contributed by atoms with Gasteiger partial charge in [0.2, 0.25) is 0 Å². The number of halogens is 3. The molecule has 0 saturated carbocycles. The molecular weight excluding hydrogens is 1180 g/mol. The topological polar surface area (TPSA) is 134 Å². The van der Waals surface area contributed by atoms with Crippen molar-refractivity contribution in [2.45, 2.75) is 6.18 Å². The Kier molecular flexibility index (Phi) is 14.7. The zero-order valence-corrected chi connectivity index (χ0v) is 50.4. The molecule has 0 aliphatic rings. The highest BCUT2D eigenvalue weighted by molar-refractivity contribution is 6.12. The maximum absolute atomic E-state index is 16.4. The number of nitrogens with zero attached hydrogens (tertiary/aromatic N) is 11. The van der Waals surface area contributed by atoms with Crippen LogP contribution in [0.25, 0.3) is 164 Å². The smallest absolute Gasteiger partial charge is 0.308 e. The first kappa shape index (κ1) is 57.4. The zero-order valence-electron chi connectivity index (χ0n) is 50.4. The molecule has 0 unspecified atom stereocenters. The summed E-state index contributed by atoms with van der Waals surface area (Å²) in [5.74, 6) is 3.02. The molecule has 0 saturated heterocycles. The molecule has 0 radical (unpaired) electrons. The lowest BCUT2D eigenvalue weighted by Crippen LogP contribution is -2.11. The predicted octanol–water partition coefficient (Wildman–Crippen LogP) is 19.8. The first-order valence-electron chi connectivity index (χ1n) is 30.8. The van der Waals surface area contributed by atoms with Crippen molar-refractivity contribution in [1.29, 1.82) is 0 Å². The van der Waals surface area contributed by atoms with Gasteiger partial charge in [-0.25, -0.2) is 49.8 Å². The van der Waals surface area contributed by atoms with Crippen molar-refractivity contribution >= 4 is 21.8 Å². The lowest BCUT2D eigenvalue weighted by Gasteiger charge is -2.22. The van der Waals surface area contributed by atoms with Gasteiger partial charge in [-0.15, -0.1) is 0 Å². The van der Waals surface area contributed by atoms with Crippen molar-refractivity contribution in [2.24, 2.45) is 0 Å². The number of aromatic nitrogens is 11. The maximum atomic E-state index is 16.4. The fraction of sp³-hybridized carbons (Fsp3) is 0.0123. The van der Waals surface area contributed by atoms with Gasteiger partial charge in [0.1, 0.15) is 0 Å². The summed E-state index contributed by atoms with van der Waals surface area (Å²) in [5.41, 5.74) is 9.85. The minimum atomic E-state index is -4.88. The lowest BCUT2D eigenvalue weighted by molar-refractivity contribution is -0.137. The highest BCUT2D eigenvalue weighted by Crippen LogP contribution is 2.47. The Hall–Kier alpha value is -12.8. The van der Waals surface area contributed by atoms with E-state index in [1.54, 1.807) is 6.07 Å². The van der Waals surface area contributed by atoms with Crippen molar-refractivity contribution in [3.05, 3.63) is 309 Å². The number of benzene rings is 11. The quantitative estimate of drug-likeness (QED) is 0.110. The molecule has 0 N–H and O–H groups in total. The lowest BCUT2D eigenvalue weighted by atomic mass is 9.96. The number of hydrogen-bond acceptors (Lipinski definition) is 10. The highest BCUT2D eigenvalue weighted by Gasteiger charge is 2.35. The third-order valence-electron chi connectivity index (χ3n) is 16.6. The van der Waals surface area contributed by atoms with Gasteiger partial charge in [0, 0.05) is 77.5 Å². The summed E-state index contributed by atoms with van der Waals surface area (Å²) in [5, 5.41) is 1.39. The Bertz CT molecular complexity index is 4930. The first-order chi connectivity index (χ1) is 46.7. The maximum Gasteiger partial charge on any atom is 0.416 e. The summed E-state index contributed by atoms with van der Waals surface area (Å²) in [6.45, 7) is 0. The van der Waals surface area contributed by atoms with Gasteiger partial charge >= 0.3 is 6.18 Å². The Balaban J connectivity index is 1.04. The minimum absolute atomic E-state index is 0.0376. The molecular formula is C81H50F3N11. The molecule has 5 aromatic heterocycles. The molecule has 0 bridgehead atoms. The molecule has 5 heterocycles. The van der Waals surface area contributed by atoms with Crippen molar-refractivity contribution in [3.63, 3.8) is 0 Å². The largest absolute Gasteiger partial charge is 0.416 e. The summed E-state index contributed by atoms with van der Waals surface area (Å²) in [7, 11) is 0. The Labute approximate surface area is 543 Å². The monoisotopic (exact) mass is 1230 g/mol. The fourth-order valence-corrected chi connectivity index (χ4v) is 12.0. The second kappa shape index (κ2) is 24.4. The molecule has 450 valence electrons. The van der Waals surface area contributed by atoms with Gasteiger partial charge in [-0.3, -0.25) is 0 Å². The molecule has 0 amide bonds. The summed E-state index contributed by atoms with van der Waals surface area (Å²) in [6.07, 6.45) is -4.88. The van der Waals surface area contributed by atoms with E-state index in [9.17, 15) is 0 Å². The second-order valence-corrected chi connectivity index (χ2v) is 22.7. The fourth-order valence-electron chi connectivity index (χ4n) is 12.0. The van der Waals surface area contributed by atoms with E-state index >= 15 is 13.2 Å². The zero-order chi connectivity index (χ0) is 63.8. The van der Waals surface area contributed by atoms with E-state index in [2.05, 4.69) is 0 Å². The van der Waals surface area contributed by atoms with Gasteiger partial charge in [-0.05, 0) is 60.7 Å². The van der Waals surface area contributed by atoms with Crippen LogP contribution in [-0.2, 0) is 6.18 Å². The van der Waals surface area contributed by atoms with Crippen LogP contribution < -0.4 is 0 Å².